The second-order valence-corrected chi connectivity index (χ2v) is 56.5. The smallest absolute Gasteiger partial charge is 0.333 e. The van der Waals surface area contributed by atoms with Crippen LogP contribution in [0.3, 0.4) is 0 Å². The summed E-state index contributed by atoms with van der Waals surface area (Å²) in [6.07, 6.45) is 3.10. The first-order valence-corrected chi connectivity index (χ1v) is 47.7. The summed E-state index contributed by atoms with van der Waals surface area (Å²) in [5.41, 5.74) is 0.409. The van der Waals surface area contributed by atoms with E-state index in [1.165, 1.54) is 12.8 Å². The van der Waals surface area contributed by atoms with Crippen LogP contribution in [-0.4, -0.2) is 97.7 Å². The highest BCUT2D eigenvalue weighted by atomic mass is 28.5. The van der Waals surface area contributed by atoms with Crippen LogP contribution in [0.5, 0.6) is 0 Å². The highest BCUT2D eigenvalue weighted by Crippen LogP contribution is 2.31. The average Bonchev–Trinajstić information content (AvgIpc) is 2.77. The van der Waals surface area contributed by atoms with Crippen molar-refractivity contribution in [2.24, 2.45) is 0 Å². The lowest BCUT2D eigenvalue weighted by molar-refractivity contribution is -0.138. The second-order valence-electron chi connectivity index (χ2n) is 18.8. The predicted molar refractivity (Wildman–Crippen MR) is 239 cm³/mol. The number of esters is 1. The van der Waals surface area contributed by atoms with Crippen LogP contribution in [0.15, 0.2) is 12.2 Å². The molecule has 0 N–H and O–H groups in total. The molecule has 52 heavy (non-hydrogen) atoms. The van der Waals surface area contributed by atoms with Crippen molar-refractivity contribution < 1.29 is 46.6 Å². The number of unbranched alkanes of at least 4 members (excludes halogenated alkanes) is 1. The van der Waals surface area contributed by atoms with Crippen molar-refractivity contribution in [1.82, 2.24) is 0 Å². The first-order chi connectivity index (χ1) is 22.8. The molecule has 11 nitrogen and oxygen atoms in total. The van der Waals surface area contributed by atoms with Crippen molar-refractivity contribution in [3.63, 3.8) is 0 Å². The van der Waals surface area contributed by atoms with Gasteiger partial charge < -0.3 is 41.8 Å². The van der Waals surface area contributed by atoms with Gasteiger partial charge in [0.1, 0.15) is 0 Å². The molecular weight excluding hydrogens is 829 g/mol. The van der Waals surface area contributed by atoms with Crippen molar-refractivity contribution in [3.05, 3.63) is 12.2 Å². The van der Waals surface area contributed by atoms with Gasteiger partial charge in [0.25, 0.3) is 0 Å². The van der Waals surface area contributed by atoms with E-state index in [0.29, 0.717) is 12.2 Å². The normalized spacial score (nSPS) is 14.9. The highest BCUT2D eigenvalue weighted by molar-refractivity contribution is 6.93. The predicted octanol–water partition coefficient (Wildman–Crippen LogP) is 10.5. The van der Waals surface area contributed by atoms with E-state index in [4.69, 9.17) is 41.8 Å². The molecule has 21 heteroatoms. The largest absolute Gasteiger partial charge is 0.462 e. The molecule has 0 amide bonds. The first kappa shape index (κ1) is 53.0. The zero-order chi connectivity index (χ0) is 41.5. The van der Waals surface area contributed by atoms with E-state index in [2.05, 4.69) is 144 Å². The molecule has 310 valence electrons. The van der Waals surface area contributed by atoms with Gasteiger partial charge in [0.15, 0.2) is 16.6 Å². The van der Waals surface area contributed by atoms with Crippen molar-refractivity contribution in [2.45, 2.75) is 176 Å². The molecule has 0 aliphatic rings. The molecule has 0 unspecified atom stereocenters. The highest BCUT2D eigenvalue weighted by Gasteiger charge is 2.50. The fourth-order valence-electron chi connectivity index (χ4n) is 7.13. The van der Waals surface area contributed by atoms with Crippen molar-refractivity contribution in [3.8, 4) is 0 Å². The Morgan fingerprint density at radius 1 is 0.423 bits per heavy atom. The van der Waals surface area contributed by atoms with E-state index in [1.54, 1.807) is 6.92 Å². The van der Waals surface area contributed by atoms with Crippen LogP contribution in [0.25, 0.3) is 0 Å². The van der Waals surface area contributed by atoms with Crippen LogP contribution in [0.1, 0.15) is 33.1 Å². The van der Waals surface area contributed by atoms with Crippen molar-refractivity contribution in [1.29, 1.82) is 0 Å². The maximum atomic E-state index is 11.7. The minimum Gasteiger partial charge on any atom is -0.462 e. The van der Waals surface area contributed by atoms with Gasteiger partial charge in [0, 0.05) is 5.57 Å². The Hall–Kier alpha value is 1.02. The maximum Gasteiger partial charge on any atom is 0.333 e. The molecule has 0 aliphatic carbocycles. The molecule has 0 radical (unpaired) electrons. The van der Waals surface area contributed by atoms with Crippen molar-refractivity contribution >= 4 is 91.1 Å². The molecule has 0 fully saturated rings. The number of carbonyl (C=O) groups is 1. The first-order valence-electron chi connectivity index (χ1n) is 18.9. The number of rotatable bonds is 26. The van der Waals surface area contributed by atoms with Gasteiger partial charge in [-0.2, -0.15) is 0 Å². The number of carbonyl (C=O) groups excluding carboxylic acids is 1. The van der Waals surface area contributed by atoms with Gasteiger partial charge in [-0.3, -0.25) is 0 Å². The van der Waals surface area contributed by atoms with Crippen LogP contribution < -0.4 is 0 Å². The molecule has 0 aliphatic heterocycles. The Balaban J connectivity index is 5.42. The molecule has 0 atom stereocenters. The maximum absolute atomic E-state index is 11.7. The third-order valence-electron chi connectivity index (χ3n) is 7.12. The molecule has 0 spiro atoms. The molecule has 0 aromatic heterocycles. The SMILES string of the molecule is C=C(C)C(=O)OCCC[Si](C)(C)O[Si](C)(C)O[Si](C)(C)O[Si](C)(C)O[Si](C)(C)O[Si](C)(C)O[Si](C)(C)O[Si](C)(C)O[Si](C)(C)O[Si](C)(C)CCCC. The molecule has 0 saturated carbocycles. The van der Waals surface area contributed by atoms with Crippen LogP contribution in [0.4, 0.5) is 0 Å². The molecular formula is C31H80O11Si10. The van der Waals surface area contributed by atoms with Crippen LogP contribution in [0.2, 0.25) is 143 Å². The Morgan fingerprint density at radius 2 is 0.654 bits per heavy atom. The van der Waals surface area contributed by atoms with Gasteiger partial charge in [-0.25, -0.2) is 4.79 Å². The van der Waals surface area contributed by atoms with Crippen LogP contribution >= 0.6 is 0 Å². The minimum absolute atomic E-state index is 0.353. The summed E-state index contributed by atoms with van der Waals surface area (Å²) < 4.78 is 66.2. The minimum atomic E-state index is -2.72. The summed E-state index contributed by atoms with van der Waals surface area (Å²) in [4.78, 5) is 11.7. The molecule has 0 saturated heterocycles. The fraction of sp³-hybridized carbons (Fsp3) is 0.903. The van der Waals surface area contributed by atoms with Gasteiger partial charge >= 0.3 is 74.5 Å². The third kappa shape index (κ3) is 24.6. The molecule has 0 aromatic rings. The van der Waals surface area contributed by atoms with E-state index < -0.39 is 85.1 Å². The van der Waals surface area contributed by atoms with Crippen LogP contribution in [-0.2, 0) is 46.6 Å². The van der Waals surface area contributed by atoms with Gasteiger partial charge in [0.2, 0.25) is 0 Å². The molecule has 0 bridgehead atoms. The summed E-state index contributed by atoms with van der Waals surface area (Å²) in [5.74, 6) is -0.353. The summed E-state index contributed by atoms with van der Waals surface area (Å²) >= 11 is 0. The van der Waals surface area contributed by atoms with Crippen molar-refractivity contribution in [2.75, 3.05) is 6.61 Å². The van der Waals surface area contributed by atoms with Gasteiger partial charge in [-0.15, -0.1) is 0 Å². The van der Waals surface area contributed by atoms with E-state index >= 15 is 0 Å². The van der Waals surface area contributed by atoms with Gasteiger partial charge in [-0.05, 0) is 156 Å². The Labute approximate surface area is 330 Å². The Bertz CT molecular complexity index is 1160. The van der Waals surface area contributed by atoms with Gasteiger partial charge in [-0.1, -0.05) is 26.3 Å². The van der Waals surface area contributed by atoms with E-state index in [9.17, 15) is 4.79 Å². The monoisotopic (exact) mass is 908 g/mol. The quantitative estimate of drug-likeness (QED) is 0.0358. The number of hydrogen-bond donors (Lipinski definition) is 0. The molecule has 0 rings (SSSR count). The third-order valence-corrected chi connectivity index (χ3v) is 46.1. The average molecular weight is 910 g/mol. The molecule has 0 aromatic carbocycles. The zero-order valence-corrected chi connectivity index (χ0v) is 47.4. The topological polar surface area (TPSA) is 109 Å². The summed E-state index contributed by atoms with van der Waals surface area (Å²) in [5, 5.41) is 0. The summed E-state index contributed by atoms with van der Waals surface area (Å²) in [6.45, 7) is 50.2. The number of hydrogen-bond acceptors (Lipinski definition) is 11. The summed E-state index contributed by atoms with van der Waals surface area (Å²) in [6, 6.07) is 1.99. The lowest BCUT2D eigenvalue weighted by Gasteiger charge is -2.44. The van der Waals surface area contributed by atoms with Gasteiger partial charge in [0.05, 0.1) is 6.61 Å². The Morgan fingerprint density at radius 3 is 0.885 bits per heavy atom. The zero-order valence-electron chi connectivity index (χ0n) is 37.4. The fourth-order valence-corrected chi connectivity index (χ4v) is 58.3. The van der Waals surface area contributed by atoms with Crippen LogP contribution in [0, 0.1) is 0 Å². The van der Waals surface area contributed by atoms with E-state index in [1.807, 2.05) is 0 Å². The number of ether oxygens (including phenoxy) is 1. The van der Waals surface area contributed by atoms with E-state index in [-0.39, 0.29) is 5.97 Å². The lowest BCUT2D eigenvalue weighted by atomic mass is 10.4. The van der Waals surface area contributed by atoms with E-state index in [0.717, 1.165) is 18.5 Å². The standard InChI is InChI=1S/C31H80O11Si10/c1-24-25-28-43(4,5)34-45(8,9)36-47(12,13)38-49(16,17)40-51(20,21)42-52(22,23)41-50(18,19)39-48(14,15)37-46(10,11)35-44(6,7)29-26-27-33-31(32)30(2)3/h2,24-29H2,1,3-23H3. The lowest BCUT2D eigenvalue weighted by Crippen LogP contribution is -2.62. The Kier molecular flexibility index (Phi) is 20.0. The second kappa shape index (κ2) is 19.6. The summed E-state index contributed by atoms with van der Waals surface area (Å²) in [7, 11) is -24.9. The molecule has 0 heterocycles.